The van der Waals surface area contributed by atoms with E-state index in [1.807, 2.05) is 6.92 Å². The Morgan fingerprint density at radius 2 is 1.89 bits per heavy atom. The van der Waals surface area contributed by atoms with Crippen molar-refractivity contribution in [3.05, 3.63) is 0 Å². The van der Waals surface area contributed by atoms with Gasteiger partial charge >= 0.3 is 5.97 Å². The molecule has 0 unspecified atom stereocenters. The third-order valence-corrected chi connectivity index (χ3v) is 2.52. The number of likely N-dealkylation sites (N-methyl/N-ethyl adjacent to an activating group) is 1. The van der Waals surface area contributed by atoms with Crippen LogP contribution in [0.25, 0.3) is 0 Å². The molecule has 0 bridgehead atoms. The summed E-state index contributed by atoms with van der Waals surface area (Å²) in [7, 11) is 0. The molecule has 0 radical (unpaired) electrons. The van der Waals surface area contributed by atoms with Crippen molar-refractivity contribution < 1.29 is 14.3 Å². The van der Waals surface area contributed by atoms with Crippen LogP contribution in [0, 0.1) is 5.92 Å². The number of ether oxygens (including phenoxy) is 1. The summed E-state index contributed by atoms with van der Waals surface area (Å²) in [5, 5.41) is 2.85. The van der Waals surface area contributed by atoms with Gasteiger partial charge in [0.2, 0.25) is 5.91 Å². The van der Waals surface area contributed by atoms with Gasteiger partial charge in [-0.3, -0.25) is 14.5 Å². The lowest BCUT2D eigenvalue weighted by molar-refractivity contribution is -0.144. The number of nitrogens with one attached hydrogen (secondary N) is 1. The molecular weight excluding hydrogens is 232 g/mol. The Kier molecular flexibility index (Phi) is 9.28. The monoisotopic (exact) mass is 258 g/mol. The zero-order valence-electron chi connectivity index (χ0n) is 12.0. The van der Waals surface area contributed by atoms with Crippen LogP contribution in [0.4, 0.5) is 0 Å². The molecule has 0 saturated carbocycles. The highest BCUT2D eigenvalue weighted by atomic mass is 16.5. The first-order valence-electron chi connectivity index (χ1n) is 6.64. The van der Waals surface area contributed by atoms with Crippen LogP contribution in [0.3, 0.4) is 0 Å². The number of rotatable bonds is 9. The molecule has 0 heterocycles. The molecule has 106 valence electrons. The molecule has 0 aromatic carbocycles. The number of esters is 1. The summed E-state index contributed by atoms with van der Waals surface area (Å²) < 4.78 is 4.86. The van der Waals surface area contributed by atoms with E-state index in [0.717, 1.165) is 6.42 Å². The van der Waals surface area contributed by atoms with Gasteiger partial charge in [0.05, 0.1) is 19.7 Å². The number of carbonyl (C=O) groups excluding carboxylic acids is 2. The minimum absolute atomic E-state index is 0.0400. The lowest BCUT2D eigenvalue weighted by Gasteiger charge is -2.18. The summed E-state index contributed by atoms with van der Waals surface area (Å²) in [6.45, 7) is 10.0. The van der Waals surface area contributed by atoms with E-state index in [-0.39, 0.29) is 25.0 Å². The molecule has 1 N–H and O–H groups in total. The van der Waals surface area contributed by atoms with Crippen LogP contribution in [0.1, 0.15) is 34.1 Å². The van der Waals surface area contributed by atoms with Crippen molar-refractivity contribution >= 4 is 11.9 Å². The van der Waals surface area contributed by atoms with Crippen molar-refractivity contribution in [1.82, 2.24) is 10.2 Å². The van der Waals surface area contributed by atoms with Gasteiger partial charge in [-0.15, -0.1) is 0 Å². The summed E-state index contributed by atoms with van der Waals surface area (Å²) in [6.07, 6.45) is 0.968. The Labute approximate surface area is 110 Å². The zero-order chi connectivity index (χ0) is 14.0. The topological polar surface area (TPSA) is 58.6 Å². The highest BCUT2D eigenvalue weighted by molar-refractivity contribution is 5.79. The molecule has 0 aliphatic rings. The minimum Gasteiger partial charge on any atom is -0.465 e. The number of hydrogen-bond donors (Lipinski definition) is 1. The lowest BCUT2D eigenvalue weighted by Crippen LogP contribution is -2.40. The van der Waals surface area contributed by atoms with Crippen molar-refractivity contribution in [2.45, 2.75) is 34.1 Å². The maximum atomic E-state index is 11.6. The second-order valence-electron chi connectivity index (χ2n) is 4.64. The Bertz CT molecular complexity index is 255. The fourth-order valence-corrected chi connectivity index (χ4v) is 1.43. The van der Waals surface area contributed by atoms with Crippen LogP contribution < -0.4 is 5.32 Å². The van der Waals surface area contributed by atoms with Gasteiger partial charge in [-0.05, 0) is 25.8 Å². The first-order chi connectivity index (χ1) is 8.49. The second-order valence-corrected chi connectivity index (χ2v) is 4.64. The third kappa shape index (κ3) is 8.98. The normalized spacial score (nSPS) is 10.8. The molecule has 0 rings (SSSR count). The molecule has 5 heteroatoms. The van der Waals surface area contributed by atoms with Crippen molar-refractivity contribution in [3.63, 3.8) is 0 Å². The summed E-state index contributed by atoms with van der Waals surface area (Å²) in [6, 6.07) is 0. The summed E-state index contributed by atoms with van der Waals surface area (Å²) in [4.78, 5) is 24.7. The van der Waals surface area contributed by atoms with Gasteiger partial charge in [0.25, 0.3) is 0 Å². The van der Waals surface area contributed by atoms with E-state index in [4.69, 9.17) is 4.74 Å². The predicted octanol–water partition coefficient (Wildman–Crippen LogP) is 1.03. The fourth-order valence-electron chi connectivity index (χ4n) is 1.43. The summed E-state index contributed by atoms with van der Waals surface area (Å²) in [5.41, 5.74) is 0. The van der Waals surface area contributed by atoms with Crippen molar-refractivity contribution in [3.8, 4) is 0 Å². The smallest absolute Gasteiger partial charge is 0.320 e. The van der Waals surface area contributed by atoms with Crippen molar-refractivity contribution in [1.29, 1.82) is 0 Å². The molecule has 0 aliphatic carbocycles. The van der Waals surface area contributed by atoms with Crippen LogP contribution in [0.5, 0.6) is 0 Å². The van der Waals surface area contributed by atoms with E-state index in [1.165, 1.54) is 0 Å². The van der Waals surface area contributed by atoms with Gasteiger partial charge in [0.1, 0.15) is 0 Å². The number of hydrogen-bond acceptors (Lipinski definition) is 4. The second kappa shape index (κ2) is 9.88. The highest BCUT2D eigenvalue weighted by Gasteiger charge is 2.13. The first-order valence-corrected chi connectivity index (χ1v) is 6.64. The van der Waals surface area contributed by atoms with E-state index >= 15 is 0 Å². The van der Waals surface area contributed by atoms with Gasteiger partial charge in [-0.2, -0.15) is 0 Å². The van der Waals surface area contributed by atoms with Crippen molar-refractivity contribution in [2.24, 2.45) is 5.92 Å². The molecule has 0 aliphatic heterocycles. The summed E-state index contributed by atoms with van der Waals surface area (Å²) in [5.74, 6) is 0.253. The van der Waals surface area contributed by atoms with Crippen LogP contribution in [-0.2, 0) is 14.3 Å². The Morgan fingerprint density at radius 3 is 2.39 bits per heavy atom. The first kappa shape index (κ1) is 16.9. The Hall–Kier alpha value is -1.10. The van der Waals surface area contributed by atoms with E-state index < -0.39 is 0 Å². The molecule has 18 heavy (non-hydrogen) atoms. The molecule has 0 fully saturated rings. The van der Waals surface area contributed by atoms with Crippen LogP contribution in [-0.4, -0.2) is 49.6 Å². The molecular formula is C13H26N2O3. The molecule has 0 atom stereocenters. The van der Waals surface area contributed by atoms with Crippen molar-refractivity contribution in [2.75, 3.05) is 32.8 Å². The van der Waals surface area contributed by atoms with E-state index in [2.05, 4.69) is 19.2 Å². The van der Waals surface area contributed by atoms with Crippen LogP contribution >= 0.6 is 0 Å². The molecule has 0 spiro atoms. The van der Waals surface area contributed by atoms with Gasteiger partial charge in [-0.25, -0.2) is 0 Å². The number of amides is 1. The maximum absolute atomic E-state index is 11.6. The van der Waals surface area contributed by atoms with Gasteiger partial charge in [0.15, 0.2) is 0 Å². The standard InChI is InChI=1S/C13H26N2O3/c1-5-15(10-13(17)18-6-2)9-12(16)14-8-7-11(3)4/h11H,5-10H2,1-4H3,(H,14,16). The average Bonchev–Trinajstić information content (AvgIpc) is 2.27. The van der Waals surface area contributed by atoms with E-state index in [9.17, 15) is 9.59 Å². The zero-order valence-corrected chi connectivity index (χ0v) is 12.0. The quantitative estimate of drug-likeness (QED) is 0.628. The maximum Gasteiger partial charge on any atom is 0.320 e. The lowest BCUT2D eigenvalue weighted by atomic mass is 10.1. The molecule has 1 amide bonds. The minimum atomic E-state index is -0.283. The number of nitrogens with zero attached hydrogens (tertiary/aromatic N) is 1. The average molecular weight is 258 g/mol. The van der Waals surface area contributed by atoms with Gasteiger partial charge < -0.3 is 10.1 Å². The van der Waals surface area contributed by atoms with E-state index in [1.54, 1.807) is 11.8 Å². The molecule has 5 nitrogen and oxygen atoms in total. The molecule has 0 aromatic rings. The number of carbonyl (C=O) groups is 2. The largest absolute Gasteiger partial charge is 0.465 e. The predicted molar refractivity (Wildman–Crippen MR) is 71.2 cm³/mol. The molecule has 0 saturated heterocycles. The van der Waals surface area contributed by atoms with Gasteiger partial charge in [-0.1, -0.05) is 20.8 Å². The molecule has 0 aromatic heterocycles. The Morgan fingerprint density at radius 1 is 1.22 bits per heavy atom. The Balaban J connectivity index is 3.89. The fraction of sp³-hybridized carbons (Fsp3) is 0.846. The van der Waals surface area contributed by atoms with Crippen LogP contribution in [0.15, 0.2) is 0 Å². The highest BCUT2D eigenvalue weighted by Crippen LogP contribution is 1.96. The van der Waals surface area contributed by atoms with Gasteiger partial charge in [0, 0.05) is 6.54 Å². The summed E-state index contributed by atoms with van der Waals surface area (Å²) >= 11 is 0. The SMILES string of the molecule is CCOC(=O)CN(CC)CC(=O)NCCC(C)C. The van der Waals surface area contributed by atoms with Crippen LogP contribution in [0.2, 0.25) is 0 Å². The van der Waals surface area contributed by atoms with E-state index in [0.29, 0.717) is 25.6 Å². The third-order valence-electron chi connectivity index (χ3n) is 2.52.